The van der Waals surface area contributed by atoms with Crippen molar-refractivity contribution in [2.75, 3.05) is 32.8 Å². The first-order chi connectivity index (χ1) is 11.1. The fraction of sp³-hybridized carbons (Fsp3) is 0.571. The third-order valence-electron chi connectivity index (χ3n) is 3.67. The zero-order valence-electron chi connectivity index (χ0n) is 13.2. The molecule has 1 fully saturated rings. The SMILES string of the molecule is CCOC(=O)N1CCN(Cc2nn3c(=O)cc(C)nc3s2)CC1. The fourth-order valence-electron chi connectivity index (χ4n) is 2.52. The topological polar surface area (TPSA) is 80.0 Å². The molecule has 1 aliphatic rings. The minimum Gasteiger partial charge on any atom is -0.450 e. The molecule has 1 amide bonds. The lowest BCUT2D eigenvalue weighted by Crippen LogP contribution is -2.48. The van der Waals surface area contributed by atoms with Crippen LogP contribution in [0, 0.1) is 6.92 Å². The Balaban J connectivity index is 1.64. The fourth-order valence-corrected chi connectivity index (χ4v) is 3.51. The Morgan fingerprint density at radius 1 is 1.35 bits per heavy atom. The van der Waals surface area contributed by atoms with E-state index in [2.05, 4.69) is 15.0 Å². The van der Waals surface area contributed by atoms with Crippen molar-refractivity contribution >= 4 is 22.4 Å². The van der Waals surface area contributed by atoms with Crippen molar-refractivity contribution in [1.29, 1.82) is 0 Å². The number of hydrogen-bond donors (Lipinski definition) is 0. The average Bonchev–Trinajstić information content (AvgIpc) is 2.91. The number of piperazine rings is 1. The van der Waals surface area contributed by atoms with Gasteiger partial charge in [-0.2, -0.15) is 9.61 Å². The highest BCUT2D eigenvalue weighted by Gasteiger charge is 2.22. The second-order valence-corrected chi connectivity index (χ2v) is 6.43. The molecule has 3 heterocycles. The summed E-state index contributed by atoms with van der Waals surface area (Å²) in [6.45, 7) is 7.46. The first-order valence-corrected chi connectivity index (χ1v) is 8.39. The smallest absolute Gasteiger partial charge is 0.409 e. The zero-order valence-corrected chi connectivity index (χ0v) is 14.0. The summed E-state index contributed by atoms with van der Waals surface area (Å²) in [6, 6.07) is 1.48. The van der Waals surface area contributed by atoms with Gasteiger partial charge in [0.25, 0.3) is 5.56 Å². The van der Waals surface area contributed by atoms with Crippen LogP contribution in [0.4, 0.5) is 4.79 Å². The van der Waals surface area contributed by atoms with E-state index < -0.39 is 0 Å². The maximum absolute atomic E-state index is 11.9. The molecule has 0 saturated carbocycles. The maximum atomic E-state index is 11.9. The average molecular weight is 337 g/mol. The molecule has 23 heavy (non-hydrogen) atoms. The molecule has 2 aromatic rings. The Labute approximate surface area is 137 Å². The summed E-state index contributed by atoms with van der Waals surface area (Å²) in [7, 11) is 0. The maximum Gasteiger partial charge on any atom is 0.409 e. The largest absolute Gasteiger partial charge is 0.450 e. The third kappa shape index (κ3) is 3.50. The summed E-state index contributed by atoms with van der Waals surface area (Å²) < 4.78 is 6.36. The Morgan fingerprint density at radius 3 is 2.78 bits per heavy atom. The molecule has 8 nitrogen and oxygen atoms in total. The van der Waals surface area contributed by atoms with Crippen molar-refractivity contribution < 1.29 is 9.53 Å². The number of carbonyl (C=O) groups excluding carboxylic acids is 1. The van der Waals surface area contributed by atoms with Crippen molar-refractivity contribution in [2.24, 2.45) is 0 Å². The van der Waals surface area contributed by atoms with Crippen molar-refractivity contribution in [3.05, 3.63) is 27.1 Å². The molecule has 0 spiro atoms. The van der Waals surface area contributed by atoms with Crippen LogP contribution in [0.25, 0.3) is 4.96 Å². The number of fused-ring (bicyclic) bond motifs is 1. The van der Waals surface area contributed by atoms with E-state index >= 15 is 0 Å². The minimum absolute atomic E-state index is 0.151. The van der Waals surface area contributed by atoms with Crippen LogP contribution in [0.2, 0.25) is 0 Å². The molecular formula is C14H19N5O3S. The number of carbonyl (C=O) groups is 1. The number of ether oxygens (including phenoxy) is 1. The lowest BCUT2D eigenvalue weighted by Gasteiger charge is -2.33. The normalized spacial score (nSPS) is 16.0. The van der Waals surface area contributed by atoms with Gasteiger partial charge in [0.1, 0.15) is 5.01 Å². The lowest BCUT2D eigenvalue weighted by molar-refractivity contribution is 0.0777. The monoisotopic (exact) mass is 337 g/mol. The van der Waals surface area contributed by atoms with Crippen molar-refractivity contribution in [3.63, 3.8) is 0 Å². The summed E-state index contributed by atoms with van der Waals surface area (Å²) in [5, 5.41) is 5.20. The molecule has 0 unspecified atom stereocenters. The minimum atomic E-state index is -0.252. The van der Waals surface area contributed by atoms with E-state index in [1.807, 2.05) is 0 Å². The van der Waals surface area contributed by atoms with Crippen LogP contribution in [0.3, 0.4) is 0 Å². The number of hydrogen-bond acceptors (Lipinski definition) is 7. The molecule has 2 aromatic heterocycles. The molecule has 1 aliphatic heterocycles. The van der Waals surface area contributed by atoms with Gasteiger partial charge in [0, 0.05) is 37.9 Å². The molecule has 0 N–H and O–H groups in total. The summed E-state index contributed by atoms with van der Waals surface area (Å²) in [5.74, 6) is 0. The van der Waals surface area contributed by atoms with E-state index in [0.29, 0.717) is 36.9 Å². The molecule has 124 valence electrons. The van der Waals surface area contributed by atoms with Crippen LogP contribution in [0.15, 0.2) is 10.9 Å². The highest BCUT2D eigenvalue weighted by molar-refractivity contribution is 7.16. The number of nitrogens with zero attached hydrogens (tertiary/aromatic N) is 5. The lowest BCUT2D eigenvalue weighted by atomic mass is 10.3. The van der Waals surface area contributed by atoms with Crippen LogP contribution < -0.4 is 5.56 Å². The van der Waals surface area contributed by atoms with E-state index in [0.717, 1.165) is 18.1 Å². The van der Waals surface area contributed by atoms with Gasteiger partial charge in [-0.1, -0.05) is 11.3 Å². The van der Waals surface area contributed by atoms with Gasteiger partial charge in [-0.05, 0) is 13.8 Å². The number of rotatable bonds is 3. The van der Waals surface area contributed by atoms with Gasteiger partial charge in [0.15, 0.2) is 0 Å². The molecule has 9 heteroatoms. The molecule has 1 saturated heterocycles. The van der Waals surface area contributed by atoms with Gasteiger partial charge in [0.2, 0.25) is 4.96 Å². The summed E-state index contributed by atoms with van der Waals surface area (Å²) in [4.78, 5) is 32.4. The van der Waals surface area contributed by atoms with Gasteiger partial charge >= 0.3 is 6.09 Å². The van der Waals surface area contributed by atoms with Crippen molar-refractivity contribution in [2.45, 2.75) is 20.4 Å². The van der Waals surface area contributed by atoms with Gasteiger partial charge in [-0.15, -0.1) is 0 Å². The molecule has 0 aromatic carbocycles. The molecule has 0 radical (unpaired) electrons. The van der Waals surface area contributed by atoms with E-state index in [1.165, 1.54) is 21.9 Å². The first-order valence-electron chi connectivity index (χ1n) is 7.57. The van der Waals surface area contributed by atoms with Crippen LogP contribution in [-0.2, 0) is 11.3 Å². The van der Waals surface area contributed by atoms with Gasteiger partial charge in [0.05, 0.1) is 13.2 Å². The summed E-state index contributed by atoms with van der Waals surface area (Å²) >= 11 is 1.43. The summed E-state index contributed by atoms with van der Waals surface area (Å²) in [5.41, 5.74) is 0.551. The molecular weight excluding hydrogens is 318 g/mol. The molecule has 0 aliphatic carbocycles. The van der Waals surface area contributed by atoms with Crippen LogP contribution in [0.1, 0.15) is 17.6 Å². The Bertz CT molecular complexity index is 763. The Kier molecular flexibility index (Phi) is 4.58. The quantitative estimate of drug-likeness (QED) is 0.822. The predicted molar refractivity (Wildman–Crippen MR) is 85.7 cm³/mol. The highest BCUT2D eigenvalue weighted by Crippen LogP contribution is 2.15. The molecule has 0 bridgehead atoms. The van der Waals surface area contributed by atoms with E-state index in [4.69, 9.17) is 4.74 Å². The standard InChI is InChI=1S/C14H19N5O3S/c1-3-22-14(21)18-6-4-17(5-7-18)9-11-16-19-12(20)8-10(2)15-13(19)23-11/h8H,3-7,9H2,1-2H3. The molecule has 3 rings (SSSR count). The number of amides is 1. The number of aryl methyl sites for hydroxylation is 1. The van der Waals surface area contributed by atoms with Crippen molar-refractivity contribution in [3.8, 4) is 0 Å². The van der Waals surface area contributed by atoms with Crippen LogP contribution >= 0.6 is 11.3 Å². The Morgan fingerprint density at radius 2 is 2.09 bits per heavy atom. The Hall–Kier alpha value is -2.00. The summed E-state index contributed by atoms with van der Waals surface area (Å²) in [6.07, 6.45) is -0.252. The third-order valence-corrected chi connectivity index (χ3v) is 4.57. The zero-order chi connectivity index (χ0) is 16.4. The second kappa shape index (κ2) is 6.63. The van der Waals surface area contributed by atoms with Crippen molar-refractivity contribution in [1.82, 2.24) is 24.4 Å². The van der Waals surface area contributed by atoms with Gasteiger partial charge in [-0.25, -0.2) is 9.78 Å². The highest BCUT2D eigenvalue weighted by atomic mass is 32.1. The van der Waals surface area contributed by atoms with E-state index in [-0.39, 0.29) is 11.7 Å². The van der Waals surface area contributed by atoms with Gasteiger partial charge < -0.3 is 9.64 Å². The second-order valence-electron chi connectivity index (χ2n) is 5.39. The first kappa shape index (κ1) is 15.9. The van der Waals surface area contributed by atoms with Crippen LogP contribution in [0.5, 0.6) is 0 Å². The molecule has 0 atom stereocenters. The number of aromatic nitrogens is 3. The van der Waals surface area contributed by atoms with Gasteiger partial charge in [-0.3, -0.25) is 9.69 Å². The predicted octanol–water partition coefficient (Wildman–Crippen LogP) is 0.734. The van der Waals surface area contributed by atoms with E-state index in [9.17, 15) is 9.59 Å². The van der Waals surface area contributed by atoms with E-state index in [1.54, 1.807) is 18.7 Å². The van der Waals surface area contributed by atoms with Crippen LogP contribution in [-0.4, -0.2) is 63.3 Å².